The topological polar surface area (TPSA) is 128 Å². The van der Waals surface area contributed by atoms with E-state index in [9.17, 15) is 13.2 Å². The van der Waals surface area contributed by atoms with Gasteiger partial charge in [-0.3, -0.25) is 4.79 Å². The van der Waals surface area contributed by atoms with Crippen LogP contribution >= 0.6 is 12.4 Å². The van der Waals surface area contributed by atoms with Gasteiger partial charge >= 0.3 is 10.3 Å². The second-order valence-electron chi connectivity index (χ2n) is 6.70. The molecule has 0 aliphatic heterocycles. The zero-order valence-corrected chi connectivity index (χ0v) is 17.9. The van der Waals surface area contributed by atoms with E-state index in [2.05, 4.69) is 10.0 Å². The van der Waals surface area contributed by atoms with Crippen molar-refractivity contribution in [2.45, 2.75) is 38.1 Å². The maximum atomic E-state index is 12.1. The van der Waals surface area contributed by atoms with E-state index in [0.29, 0.717) is 24.5 Å². The van der Waals surface area contributed by atoms with E-state index in [-0.39, 0.29) is 31.7 Å². The molecule has 0 aromatic heterocycles. The normalized spacial score (nSPS) is 14.8. The maximum absolute atomic E-state index is 12.1. The van der Waals surface area contributed by atoms with Gasteiger partial charge in [0.25, 0.3) is 5.91 Å². The molecule has 0 unspecified atom stereocenters. The molecule has 1 aliphatic carbocycles. The molecule has 11 heteroatoms. The lowest BCUT2D eigenvalue weighted by Crippen LogP contribution is -2.38. The number of rotatable bonds is 11. The van der Waals surface area contributed by atoms with Crippen molar-refractivity contribution in [2.75, 3.05) is 43.1 Å². The van der Waals surface area contributed by atoms with Crippen LogP contribution in [0.2, 0.25) is 0 Å². The van der Waals surface area contributed by atoms with Crippen molar-refractivity contribution in [3.63, 3.8) is 0 Å². The molecule has 1 aromatic rings. The minimum atomic E-state index is -3.98. The fourth-order valence-corrected chi connectivity index (χ4v) is 4.15. The van der Waals surface area contributed by atoms with E-state index in [0.717, 1.165) is 32.1 Å². The van der Waals surface area contributed by atoms with E-state index in [1.54, 1.807) is 29.2 Å². The first-order chi connectivity index (χ1) is 13.4. The summed E-state index contributed by atoms with van der Waals surface area (Å²) in [5, 5.41) is 20.9. The molecule has 0 atom stereocenters. The molecule has 29 heavy (non-hydrogen) atoms. The summed E-state index contributed by atoms with van der Waals surface area (Å²) < 4.78 is 31.2. The number of carbonyl (C=O) groups excluding carboxylic acids is 1. The number of hydrogen-bond donors (Lipinski definition) is 4. The molecule has 166 valence electrons. The number of aliphatic hydroxyl groups excluding tert-OH is 2. The smallest absolute Gasteiger partial charge is 0.336 e. The van der Waals surface area contributed by atoms with Crippen LogP contribution in [0.15, 0.2) is 24.3 Å². The van der Waals surface area contributed by atoms with Crippen LogP contribution in [0.5, 0.6) is 0 Å². The first kappa shape index (κ1) is 25.6. The summed E-state index contributed by atoms with van der Waals surface area (Å²) in [6.45, 7) is -0.0891. The number of anilines is 2. The van der Waals surface area contributed by atoms with Crippen LogP contribution in [0, 0.1) is 0 Å². The van der Waals surface area contributed by atoms with E-state index in [1.165, 1.54) is 0 Å². The molecule has 0 bridgehead atoms. The van der Waals surface area contributed by atoms with Crippen molar-refractivity contribution in [2.24, 2.45) is 0 Å². The fourth-order valence-electron chi connectivity index (χ4n) is 3.18. The highest BCUT2D eigenvalue weighted by molar-refractivity contribution is 7.84. The summed E-state index contributed by atoms with van der Waals surface area (Å²) in [5.74, 6) is -0.595. The first-order valence-corrected chi connectivity index (χ1v) is 10.9. The summed E-state index contributed by atoms with van der Waals surface area (Å²) in [4.78, 5) is 13.8. The van der Waals surface area contributed by atoms with Crippen molar-refractivity contribution in [3.05, 3.63) is 24.3 Å². The third-order valence-electron chi connectivity index (χ3n) is 4.50. The third kappa shape index (κ3) is 9.28. The summed E-state index contributed by atoms with van der Waals surface area (Å²) in [6, 6.07) is 6.71. The first-order valence-electron chi connectivity index (χ1n) is 9.47. The number of aliphatic hydroxyl groups is 2. The Labute approximate surface area is 178 Å². The van der Waals surface area contributed by atoms with Crippen LogP contribution in [0.3, 0.4) is 0 Å². The number of hydrogen-bond acceptors (Lipinski definition) is 7. The Balaban J connectivity index is 0.00000420. The van der Waals surface area contributed by atoms with Gasteiger partial charge in [-0.2, -0.15) is 13.1 Å². The van der Waals surface area contributed by atoms with Gasteiger partial charge in [-0.15, -0.1) is 12.4 Å². The van der Waals surface area contributed by atoms with Gasteiger partial charge in [-0.05, 0) is 31.0 Å². The summed E-state index contributed by atoms with van der Waals surface area (Å²) in [6.07, 6.45) is 4.62. The molecule has 1 aliphatic rings. The lowest BCUT2D eigenvalue weighted by atomic mass is 9.96. The predicted molar refractivity (Wildman–Crippen MR) is 114 cm³/mol. The largest absolute Gasteiger partial charge is 0.395 e. The molecule has 0 heterocycles. The van der Waals surface area contributed by atoms with Gasteiger partial charge in [0.1, 0.15) is 6.61 Å². The Bertz CT molecular complexity index is 722. The van der Waals surface area contributed by atoms with Gasteiger partial charge in [0, 0.05) is 30.5 Å². The molecule has 1 aromatic carbocycles. The Morgan fingerprint density at radius 2 is 1.79 bits per heavy atom. The van der Waals surface area contributed by atoms with Crippen LogP contribution in [0.4, 0.5) is 11.4 Å². The van der Waals surface area contributed by atoms with Gasteiger partial charge in [-0.1, -0.05) is 25.3 Å². The lowest BCUT2D eigenvalue weighted by Gasteiger charge is -2.23. The number of carbonyl (C=O) groups is 1. The average molecular weight is 452 g/mol. The quantitative estimate of drug-likeness (QED) is 0.395. The van der Waals surface area contributed by atoms with E-state index < -0.39 is 22.8 Å². The molecule has 1 saturated carbocycles. The minimum Gasteiger partial charge on any atom is -0.395 e. The Morgan fingerprint density at radius 1 is 1.14 bits per heavy atom. The molecule has 0 saturated heterocycles. The lowest BCUT2D eigenvalue weighted by molar-refractivity contribution is -0.118. The van der Waals surface area contributed by atoms with E-state index in [1.807, 2.05) is 0 Å². The van der Waals surface area contributed by atoms with Crippen LogP contribution in [0.1, 0.15) is 32.1 Å². The number of amides is 1. The second kappa shape index (κ2) is 13.0. The zero-order valence-electron chi connectivity index (χ0n) is 16.2. The van der Waals surface area contributed by atoms with E-state index >= 15 is 0 Å². The number of nitrogens with zero attached hydrogens (tertiary/aromatic N) is 1. The van der Waals surface area contributed by atoms with Crippen molar-refractivity contribution in [3.8, 4) is 0 Å². The molecular formula is C18H30ClN3O6S. The highest BCUT2D eigenvalue weighted by Gasteiger charge is 2.21. The number of halogens is 1. The Hall–Kier alpha value is -1.43. The molecule has 1 fully saturated rings. The molecule has 4 N–H and O–H groups in total. The van der Waals surface area contributed by atoms with Gasteiger partial charge in [0.2, 0.25) is 0 Å². The molecule has 0 radical (unpaired) electrons. The molecule has 1 amide bonds. The minimum absolute atomic E-state index is 0. The SMILES string of the molecule is Cl.O=C(COS(=O)(=O)NC1CCCCC1)Nc1cccc(N(CCO)CCO)c1. The van der Waals surface area contributed by atoms with E-state index in [4.69, 9.17) is 14.4 Å². The Kier molecular flexibility index (Phi) is 11.5. The van der Waals surface area contributed by atoms with Crippen LogP contribution in [-0.2, 0) is 19.3 Å². The molecular weight excluding hydrogens is 422 g/mol. The van der Waals surface area contributed by atoms with Crippen LogP contribution in [-0.4, -0.2) is 63.5 Å². The van der Waals surface area contributed by atoms with Gasteiger partial charge < -0.3 is 20.4 Å². The van der Waals surface area contributed by atoms with Crippen molar-refractivity contribution in [1.82, 2.24) is 4.72 Å². The molecule has 2 rings (SSSR count). The average Bonchev–Trinajstić information content (AvgIpc) is 2.67. The monoisotopic (exact) mass is 451 g/mol. The van der Waals surface area contributed by atoms with Crippen molar-refractivity contribution in [1.29, 1.82) is 0 Å². The van der Waals surface area contributed by atoms with Crippen molar-refractivity contribution < 1.29 is 27.6 Å². The fraction of sp³-hybridized carbons (Fsp3) is 0.611. The van der Waals surface area contributed by atoms with Crippen molar-refractivity contribution >= 4 is 40.0 Å². The van der Waals surface area contributed by atoms with Crippen LogP contribution < -0.4 is 14.9 Å². The summed E-state index contributed by atoms with van der Waals surface area (Å²) in [7, 11) is -3.98. The van der Waals surface area contributed by atoms with Gasteiger partial charge in [-0.25, -0.2) is 4.18 Å². The van der Waals surface area contributed by atoms with Gasteiger partial charge in [0.05, 0.1) is 13.2 Å². The predicted octanol–water partition coefficient (Wildman–Crippen LogP) is 1.02. The molecule has 9 nitrogen and oxygen atoms in total. The summed E-state index contributed by atoms with van der Waals surface area (Å²) >= 11 is 0. The summed E-state index contributed by atoms with van der Waals surface area (Å²) in [5.41, 5.74) is 1.18. The van der Waals surface area contributed by atoms with Gasteiger partial charge in [0.15, 0.2) is 0 Å². The zero-order chi connectivity index (χ0) is 20.4. The number of benzene rings is 1. The highest BCUT2D eigenvalue weighted by Crippen LogP contribution is 2.20. The number of nitrogens with one attached hydrogen (secondary N) is 2. The second-order valence-corrected chi connectivity index (χ2v) is 8.08. The standard InChI is InChI=1S/C18H29N3O6S.ClH/c22-11-9-21(10-12-23)17-8-4-7-16(13-17)19-18(24)14-27-28(25,26)20-15-5-2-1-3-6-15;/h4,7-8,13,15,20,22-23H,1-3,5-6,9-12,14H2,(H,19,24);1H. The molecule has 0 spiro atoms. The van der Waals surface area contributed by atoms with Crippen LogP contribution in [0.25, 0.3) is 0 Å². The Morgan fingerprint density at radius 3 is 2.41 bits per heavy atom. The third-order valence-corrected chi connectivity index (χ3v) is 5.55. The maximum Gasteiger partial charge on any atom is 0.336 e. The highest BCUT2D eigenvalue weighted by atomic mass is 35.5.